The minimum atomic E-state index is -0.992. The van der Waals surface area contributed by atoms with Crippen molar-refractivity contribution in [2.24, 2.45) is 0 Å². The van der Waals surface area contributed by atoms with Crippen LogP contribution in [0.1, 0.15) is 58.2 Å². The molecule has 0 saturated heterocycles. The molecule has 0 saturated carbocycles. The summed E-state index contributed by atoms with van der Waals surface area (Å²) in [6, 6.07) is 3.12. The second-order valence-corrected chi connectivity index (χ2v) is 8.29. The number of fused-ring (bicyclic) bond motifs is 1. The van der Waals surface area contributed by atoms with Crippen molar-refractivity contribution in [3.05, 3.63) is 60.8 Å². The van der Waals surface area contributed by atoms with E-state index in [0.29, 0.717) is 30.1 Å². The van der Waals surface area contributed by atoms with Gasteiger partial charge in [-0.05, 0) is 25.0 Å². The van der Waals surface area contributed by atoms with Crippen LogP contribution in [0.4, 0.5) is 15.8 Å². The molecule has 3 aromatic rings. The summed E-state index contributed by atoms with van der Waals surface area (Å²) in [5.74, 6) is -0.943. The van der Waals surface area contributed by atoms with Gasteiger partial charge in [-0.15, -0.1) is 0 Å². The number of hydrogen-bond acceptors (Lipinski definition) is 6. The van der Waals surface area contributed by atoms with Crippen LogP contribution in [-0.4, -0.2) is 29.9 Å². The molecule has 188 valence electrons. The molecule has 0 bridgehead atoms. The van der Waals surface area contributed by atoms with Gasteiger partial charge in [0.25, 0.3) is 5.56 Å². The Morgan fingerprint density at radius 2 is 1.86 bits per heavy atom. The van der Waals surface area contributed by atoms with Gasteiger partial charge in [0.1, 0.15) is 5.82 Å². The normalized spacial score (nSPS) is 11.2. The van der Waals surface area contributed by atoms with Crippen LogP contribution in [0.5, 0.6) is 0 Å². The van der Waals surface area contributed by atoms with E-state index in [4.69, 9.17) is 0 Å². The maximum Gasteiger partial charge on any atom is 0.330 e. The number of unbranched alkanes of at least 4 members (excludes halogenated alkanes) is 3. The molecule has 1 aromatic carbocycles. The van der Waals surface area contributed by atoms with Crippen molar-refractivity contribution in [3.63, 3.8) is 0 Å². The summed E-state index contributed by atoms with van der Waals surface area (Å²) in [7, 11) is 0. The number of nitro groups is 1. The molecule has 0 aliphatic rings. The number of H-pyrrole nitrogens is 1. The number of nitrogens with zero attached hydrogens (tertiary/aromatic N) is 4. The SMILES string of the molecule is CCCCCn1c(CCC(=O)Nc2ccc(F)c([N+](=O)[O-])c2)nc2c1c(=O)[nH]c(=O)n2CCCC. The van der Waals surface area contributed by atoms with Crippen LogP contribution in [0.15, 0.2) is 27.8 Å². The summed E-state index contributed by atoms with van der Waals surface area (Å²) in [5.41, 5.74) is -1.06. The van der Waals surface area contributed by atoms with E-state index in [1.54, 1.807) is 4.57 Å². The predicted octanol–water partition coefficient (Wildman–Crippen LogP) is 3.50. The molecule has 2 N–H and O–H groups in total. The summed E-state index contributed by atoms with van der Waals surface area (Å²) in [6.07, 6.45) is 4.47. The second-order valence-electron chi connectivity index (χ2n) is 8.29. The number of hydrogen-bond donors (Lipinski definition) is 2. The smallest absolute Gasteiger partial charge is 0.326 e. The number of aromatic amines is 1. The van der Waals surface area contributed by atoms with Gasteiger partial charge >= 0.3 is 11.4 Å². The Kier molecular flexibility index (Phi) is 8.50. The number of halogens is 1. The lowest BCUT2D eigenvalue weighted by Crippen LogP contribution is -2.31. The van der Waals surface area contributed by atoms with Gasteiger partial charge in [-0.1, -0.05) is 33.1 Å². The lowest BCUT2D eigenvalue weighted by molar-refractivity contribution is -0.387. The molecule has 2 heterocycles. The highest BCUT2D eigenvalue weighted by Crippen LogP contribution is 2.22. The topological polar surface area (TPSA) is 145 Å². The molecule has 12 heteroatoms. The summed E-state index contributed by atoms with van der Waals surface area (Å²) in [4.78, 5) is 54.7. The highest BCUT2D eigenvalue weighted by Gasteiger charge is 2.20. The van der Waals surface area contributed by atoms with Crippen LogP contribution in [0, 0.1) is 15.9 Å². The fourth-order valence-electron chi connectivity index (χ4n) is 3.87. The molecule has 3 rings (SSSR count). The van der Waals surface area contributed by atoms with Gasteiger partial charge in [0.15, 0.2) is 11.2 Å². The van der Waals surface area contributed by atoms with Crippen molar-refractivity contribution in [1.82, 2.24) is 19.1 Å². The van der Waals surface area contributed by atoms with Crippen LogP contribution >= 0.6 is 0 Å². The van der Waals surface area contributed by atoms with E-state index in [-0.39, 0.29) is 18.5 Å². The van der Waals surface area contributed by atoms with E-state index < -0.39 is 33.6 Å². The Balaban J connectivity index is 1.88. The fourth-order valence-corrected chi connectivity index (χ4v) is 3.87. The zero-order chi connectivity index (χ0) is 25.5. The Morgan fingerprint density at radius 3 is 2.54 bits per heavy atom. The first-order chi connectivity index (χ1) is 16.8. The molecule has 2 aromatic heterocycles. The molecule has 0 radical (unpaired) electrons. The minimum absolute atomic E-state index is 0.0284. The van der Waals surface area contributed by atoms with Crippen molar-refractivity contribution in [2.75, 3.05) is 5.32 Å². The van der Waals surface area contributed by atoms with E-state index in [1.165, 1.54) is 10.6 Å². The number of rotatable bonds is 12. The maximum atomic E-state index is 13.6. The Morgan fingerprint density at radius 1 is 1.14 bits per heavy atom. The predicted molar refractivity (Wildman–Crippen MR) is 129 cm³/mol. The number of benzene rings is 1. The number of aromatic nitrogens is 4. The van der Waals surface area contributed by atoms with E-state index in [1.807, 2.05) is 6.92 Å². The third-order valence-electron chi connectivity index (χ3n) is 5.69. The average molecular weight is 489 g/mol. The molecule has 0 spiro atoms. The van der Waals surface area contributed by atoms with Crippen molar-refractivity contribution in [3.8, 4) is 0 Å². The van der Waals surface area contributed by atoms with Gasteiger partial charge in [0.05, 0.1) is 4.92 Å². The number of nitro benzene ring substituents is 1. The molecular formula is C23H29FN6O5. The van der Waals surface area contributed by atoms with Gasteiger partial charge in [-0.3, -0.25) is 29.3 Å². The minimum Gasteiger partial charge on any atom is -0.326 e. The molecule has 0 fully saturated rings. The Hall–Kier alpha value is -3.83. The number of anilines is 1. The standard InChI is InChI=1S/C23H29FN6O5/c1-3-5-7-13-28-18(26-21-20(28)22(32)27-23(33)29(21)12-6-4-2)10-11-19(31)25-15-8-9-16(24)17(14-15)30(34)35/h8-9,14H,3-7,10-13H2,1-2H3,(H,25,31)(H,27,32,33). The van der Waals surface area contributed by atoms with E-state index in [9.17, 15) is 28.9 Å². The van der Waals surface area contributed by atoms with Crippen molar-refractivity contribution >= 4 is 28.4 Å². The third kappa shape index (κ3) is 6.00. The van der Waals surface area contributed by atoms with E-state index in [2.05, 4.69) is 22.2 Å². The van der Waals surface area contributed by atoms with Gasteiger partial charge in [0, 0.05) is 37.7 Å². The first kappa shape index (κ1) is 25.8. The molecule has 35 heavy (non-hydrogen) atoms. The highest BCUT2D eigenvalue weighted by atomic mass is 19.1. The zero-order valence-electron chi connectivity index (χ0n) is 19.8. The molecule has 0 unspecified atom stereocenters. The molecule has 11 nitrogen and oxygen atoms in total. The summed E-state index contributed by atoms with van der Waals surface area (Å²) >= 11 is 0. The molecule has 0 aliphatic carbocycles. The Bertz CT molecular complexity index is 1340. The van der Waals surface area contributed by atoms with Gasteiger partial charge in [-0.25, -0.2) is 9.78 Å². The van der Waals surface area contributed by atoms with Crippen molar-refractivity contribution in [1.29, 1.82) is 0 Å². The van der Waals surface area contributed by atoms with Gasteiger partial charge in [0.2, 0.25) is 11.7 Å². The number of carbonyl (C=O) groups is 1. The Labute approximate surface area is 200 Å². The van der Waals surface area contributed by atoms with Crippen molar-refractivity contribution < 1.29 is 14.1 Å². The number of imidazole rings is 1. The number of carbonyl (C=O) groups excluding carboxylic acids is 1. The highest BCUT2D eigenvalue weighted by molar-refractivity contribution is 5.91. The van der Waals surface area contributed by atoms with E-state index in [0.717, 1.165) is 44.2 Å². The lowest BCUT2D eigenvalue weighted by Gasteiger charge is -2.09. The second kappa shape index (κ2) is 11.5. The maximum absolute atomic E-state index is 13.6. The summed E-state index contributed by atoms with van der Waals surface area (Å²) in [6.45, 7) is 4.99. The fraction of sp³-hybridized carbons (Fsp3) is 0.478. The zero-order valence-corrected chi connectivity index (χ0v) is 19.8. The van der Waals surface area contributed by atoms with E-state index >= 15 is 0 Å². The third-order valence-corrected chi connectivity index (χ3v) is 5.69. The van der Waals surface area contributed by atoms with Crippen molar-refractivity contribution in [2.45, 2.75) is 71.9 Å². The monoisotopic (exact) mass is 488 g/mol. The molecular weight excluding hydrogens is 459 g/mol. The average Bonchev–Trinajstić information content (AvgIpc) is 3.17. The first-order valence-corrected chi connectivity index (χ1v) is 11.7. The first-order valence-electron chi connectivity index (χ1n) is 11.7. The lowest BCUT2D eigenvalue weighted by atomic mass is 10.2. The summed E-state index contributed by atoms with van der Waals surface area (Å²) in [5, 5.41) is 13.5. The van der Waals surface area contributed by atoms with Crippen LogP contribution in [-0.2, 0) is 24.3 Å². The van der Waals surface area contributed by atoms with Crippen LogP contribution in [0.3, 0.4) is 0 Å². The van der Waals surface area contributed by atoms with Crippen LogP contribution in [0.25, 0.3) is 11.2 Å². The number of amides is 1. The largest absolute Gasteiger partial charge is 0.330 e. The van der Waals surface area contributed by atoms with Crippen LogP contribution < -0.4 is 16.6 Å². The summed E-state index contributed by atoms with van der Waals surface area (Å²) < 4.78 is 16.8. The molecule has 0 aliphatic heterocycles. The molecule has 1 amide bonds. The number of nitrogens with one attached hydrogen (secondary N) is 2. The quantitative estimate of drug-likeness (QED) is 0.227. The van der Waals surface area contributed by atoms with Gasteiger partial charge in [-0.2, -0.15) is 4.39 Å². The van der Waals surface area contributed by atoms with Crippen LogP contribution in [0.2, 0.25) is 0 Å². The number of aryl methyl sites for hydroxylation is 3. The van der Waals surface area contributed by atoms with Gasteiger partial charge < -0.3 is 9.88 Å². The molecule has 0 atom stereocenters.